The fourth-order valence-corrected chi connectivity index (χ4v) is 4.80. The first kappa shape index (κ1) is 21.0. The van der Waals surface area contributed by atoms with Crippen LogP contribution in [0.2, 0.25) is 0 Å². The highest BCUT2D eigenvalue weighted by atomic mass is 15.3. The number of anilines is 2. The minimum absolute atomic E-state index is 0.0206. The molecule has 5 nitrogen and oxygen atoms in total. The number of likely N-dealkylation sites (N-methyl/N-ethyl adjacent to an activating group) is 1. The normalized spacial score (nSPS) is 17.1. The lowest BCUT2D eigenvalue weighted by atomic mass is 9.78. The highest BCUT2D eigenvalue weighted by Crippen LogP contribution is 2.33. The molecule has 5 rings (SSSR count). The van der Waals surface area contributed by atoms with Crippen LogP contribution in [0.5, 0.6) is 0 Å². The highest BCUT2D eigenvalue weighted by molar-refractivity contribution is 5.52. The van der Waals surface area contributed by atoms with Gasteiger partial charge in [0.15, 0.2) is 0 Å². The van der Waals surface area contributed by atoms with Gasteiger partial charge in [-0.3, -0.25) is 0 Å². The molecular weight excluding hydrogens is 394 g/mol. The second-order valence-electron chi connectivity index (χ2n) is 9.94. The van der Waals surface area contributed by atoms with E-state index >= 15 is 0 Å². The Kier molecular flexibility index (Phi) is 5.38. The number of likely N-dealkylation sites (tertiary alicyclic amines) is 1. The molecular formula is C27H33N5. The summed E-state index contributed by atoms with van der Waals surface area (Å²) in [4.78, 5) is 14.1. The minimum atomic E-state index is -0.0206. The molecule has 2 aromatic carbocycles. The number of aromatic nitrogens is 2. The number of nitrogens with zero attached hydrogens (tertiary/aromatic N) is 4. The van der Waals surface area contributed by atoms with Crippen LogP contribution in [0.25, 0.3) is 0 Å². The molecule has 1 fully saturated rings. The SMILES string of the molecule is Cc1ccc(C(C)(C)c2ccc(N3CCc4nc(NC5CN(C)C5)ncc4C3)cc2)cc1. The third-order valence-corrected chi connectivity index (χ3v) is 7.06. The van der Waals surface area contributed by atoms with Crippen LogP contribution in [-0.2, 0) is 18.4 Å². The molecule has 2 aliphatic heterocycles. The lowest BCUT2D eigenvalue weighted by Crippen LogP contribution is -2.52. The van der Waals surface area contributed by atoms with E-state index in [2.05, 4.69) is 96.5 Å². The van der Waals surface area contributed by atoms with Gasteiger partial charge in [-0.1, -0.05) is 55.8 Å². The Balaban J connectivity index is 1.28. The van der Waals surface area contributed by atoms with Gasteiger partial charge in [0.05, 0.1) is 11.7 Å². The van der Waals surface area contributed by atoms with E-state index in [1.165, 1.54) is 33.6 Å². The van der Waals surface area contributed by atoms with E-state index in [9.17, 15) is 0 Å². The highest BCUT2D eigenvalue weighted by Gasteiger charge is 2.26. The van der Waals surface area contributed by atoms with Gasteiger partial charge in [-0.2, -0.15) is 0 Å². The van der Waals surface area contributed by atoms with E-state index in [4.69, 9.17) is 4.98 Å². The van der Waals surface area contributed by atoms with Gasteiger partial charge in [-0.15, -0.1) is 0 Å². The van der Waals surface area contributed by atoms with Gasteiger partial charge in [0.25, 0.3) is 0 Å². The van der Waals surface area contributed by atoms with Crippen LogP contribution in [0.3, 0.4) is 0 Å². The van der Waals surface area contributed by atoms with Gasteiger partial charge in [0.1, 0.15) is 0 Å². The molecule has 166 valence electrons. The largest absolute Gasteiger partial charge is 0.367 e. The fraction of sp³-hybridized carbons (Fsp3) is 0.407. The molecule has 0 radical (unpaired) electrons. The van der Waals surface area contributed by atoms with Crippen molar-refractivity contribution in [2.24, 2.45) is 0 Å². The average Bonchev–Trinajstić information content (AvgIpc) is 2.78. The van der Waals surface area contributed by atoms with Crippen molar-refractivity contribution in [1.82, 2.24) is 14.9 Å². The van der Waals surface area contributed by atoms with Crippen molar-refractivity contribution in [1.29, 1.82) is 0 Å². The van der Waals surface area contributed by atoms with Crippen molar-refractivity contribution in [3.8, 4) is 0 Å². The Morgan fingerprint density at radius 3 is 2.28 bits per heavy atom. The molecule has 1 aromatic heterocycles. The Bertz CT molecular complexity index is 1080. The van der Waals surface area contributed by atoms with E-state index in [0.717, 1.165) is 38.5 Å². The van der Waals surface area contributed by atoms with Crippen LogP contribution in [0.15, 0.2) is 54.7 Å². The van der Waals surface area contributed by atoms with Gasteiger partial charge >= 0.3 is 0 Å². The zero-order valence-electron chi connectivity index (χ0n) is 19.6. The Labute approximate surface area is 191 Å². The Hall–Kier alpha value is -2.92. The second kappa shape index (κ2) is 8.21. The summed E-state index contributed by atoms with van der Waals surface area (Å²) in [5.74, 6) is 0.776. The molecule has 0 aliphatic carbocycles. The molecule has 0 bridgehead atoms. The average molecular weight is 428 g/mol. The summed E-state index contributed by atoms with van der Waals surface area (Å²) in [5, 5.41) is 3.46. The van der Waals surface area contributed by atoms with Crippen LogP contribution >= 0.6 is 0 Å². The maximum Gasteiger partial charge on any atom is 0.223 e. The van der Waals surface area contributed by atoms with Crippen LogP contribution in [0, 0.1) is 6.92 Å². The third kappa shape index (κ3) is 4.09. The van der Waals surface area contributed by atoms with Gasteiger partial charge in [-0.05, 0) is 37.2 Å². The number of fused-ring (bicyclic) bond motifs is 1. The van der Waals surface area contributed by atoms with E-state index in [-0.39, 0.29) is 5.41 Å². The summed E-state index contributed by atoms with van der Waals surface area (Å²) < 4.78 is 0. The van der Waals surface area contributed by atoms with Gasteiger partial charge in [0.2, 0.25) is 5.95 Å². The van der Waals surface area contributed by atoms with Crippen molar-refractivity contribution < 1.29 is 0 Å². The smallest absolute Gasteiger partial charge is 0.223 e. The zero-order valence-corrected chi connectivity index (χ0v) is 19.6. The summed E-state index contributed by atoms with van der Waals surface area (Å²) in [7, 11) is 2.14. The zero-order chi connectivity index (χ0) is 22.3. The quantitative estimate of drug-likeness (QED) is 0.654. The van der Waals surface area contributed by atoms with Gasteiger partial charge < -0.3 is 15.1 Å². The monoisotopic (exact) mass is 427 g/mol. The van der Waals surface area contributed by atoms with Gasteiger partial charge in [-0.25, -0.2) is 9.97 Å². The minimum Gasteiger partial charge on any atom is -0.367 e. The number of nitrogens with one attached hydrogen (secondary N) is 1. The maximum absolute atomic E-state index is 4.81. The van der Waals surface area contributed by atoms with E-state index < -0.39 is 0 Å². The lowest BCUT2D eigenvalue weighted by molar-refractivity contribution is 0.204. The first-order valence-electron chi connectivity index (χ1n) is 11.6. The number of hydrogen-bond donors (Lipinski definition) is 1. The predicted molar refractivity (Wildman–Crippen MR) is 131 cm³/mol. The number of aryl methyl sites for hydroxylation is 1. The van der Waals surface area contributed by atoms with E-state index in [1.807, 2.05) is 6.20 Å². The molecule has 5 heteroatoms. The molecule has 3 aromatic rings. The van der Waals surface area contributed by atoms with Crippen LogP contribution < -0.4 is 10.2 Å². The predicted octanol–water partition coefficient (Wildman–Crippen LogP) is 4.40. The maximum atomic E-state index is 4.81. The van der Waals surface area contributed by atoms with Crippen molar-refractivity contribution >= 4 is 11.6 Å². The molecule has 0 amide bonds. The standard InChI is InChI=1S/C27H33N5/c1-19-5-7-21(8-6-19)27(2,3)22-9-11-24(12-10-22)32-14-13-25-20(16-32)15-28-26(30-25)29-23-17-31(4)18-23/h5-12,15,23H,13-14,16-18H2,1-4H3,(H,28,29,30). The molecule has 1 N–H and O–H groups in total. The van der Waals surface area contributed by atoms with Crippen molar-refractivity contribution in [3.05, 3.63) is 82.7 Å². The van der Waals surface area contributed by atoms with Crippen LogP contribution in [0.4, 0.5) is 11.6 Å². The van der Waals surface area contributed by atoms with E-state index in [1.54, 1.807) is 0 Å². The summed E-state index contributed by atoms with van der Waals surface area (Å²) in [6.45, 7) is 10.7. The molecule has 32 heavy (non-hydrogen) atoms. The second-order valence-corrected chi connectivity index (χ2v) is 9.94. The van der Waals surface area contributed by atoms with Crippen molar-refractivity contribution in [2.75, 3.05) is 36.9 Å². The Morgan fingerprint density at radius 1 is 0.969 bits per heavy atom. The fourth-order valence-electron chi connectivity index (χ4n) is 4.80. The molecule has 0 unspecified atom stereocenters. The Morgan fingerprint density at radius 2 is 1.62 bits per heavy atom. The topological polar surface area (TPSA) is 44.3 Å². The van der Waals surface area contributed by atoms with Crippen molar-refractivity contribution in [3.63, 3.8) is 0 Å². The third-order valence-electron chi connectivity index (χ3n) is 7.06. The van der Waals surface area contributed by atoms with Gasteiger partial charge in [0, 0.05) is 55.5 Å². The first-order chi connectivity index (χ1) is 15.4. The molecule has 0 atom stereocenters. The number of hydrogen-bond acceptors (Lipinski definition) is 5. The van der Waals surface area contributed by atoms with E-state index in [0.29, 0.717) is 6.04 Å². The summed E-state index contributed by atoms with van der Waals surface area (Å²) >= 11 is 0. The molecule has 2 aliphatic rings. The molecule has 0 saturated carbocycles. The molecule has 1 saturated heterocycles. The number of rotatable bonds is 5. The van der Waals surface area contributed by atoms with Crippen molar-refractivity contribution in [2.45, 2.75) is 45.2 Å². The molecule has 0 spiro atoms. The van der Waals surface area contributed by atoms with Crippen LogP contribution in [0.1, 0.15) is 41.8 Å². The van der Waals surface area contributed by atoms with Crippen LogP contribution in [-0.4, -0.2) is 47.6 Å². The number of benzene rings is 2. The summed E-state index contributed by atoms with van der Waals surface area (Å²) in [6.07, 6.45) is 2.96. The first-order valence-corrected chi connectivity index (χ1v) is 11.6. The summed E-state index contributed by atoms with van der Waals surface area (Å²) in [5.41, 5.74) is 7.64. The summed E-state index contributed by atoms with van der Waals surface area (Å²) in [6, 6.07) is 18.5. The lowest BCUT2D eigenvalue weighted by Gasteiger charge is -2.36. The molecule has 3 heterocycles.